The van der Waals surface area contributed by atoms with Gasteiger partial charge in [0.2, 0.25) is 5.91 Å². The van der Waals surface area contributed by atoms with Gasteiger partial charge < -0.3 is 9.88 Å². The molecule has 3 aromatic rings. The molecule has 0 aliphatic carbocycles. The van der Waals surface area contributed by atoms with Gasteiger partial charge in [-0.3, -0.25) is 4.79 Å². The normalized spacial score (nSPS) is 11.9. The standard InChI is InChI=1S/C18H16ClN3O/c19-17-9-8-15(13-20-17)21-18(23)12-16(22-10-4-5-11-22)14-6-2-1-3-7-14/h1-11,13,16H,12H2,(H,21,23). The molecule has 0 saturated carbocycles. The Morgan fingerprint density at radius 3 is 2.48 bits per heavy atom. The number of rotatable bonds is 5. The van der Waals surface area contributed by atoms with Gasteiger partial charge in [-0.2, -0.15) is 0 Å². The Morgan fingerprint density at radius 1 is 1.09 bits per heavy atom. The van der Waals surface area contributed by atoms with E-state index in [0.717, 1.165) is 5.56 Å². The molecule has 1 aromatic carbocycles. The van der Waals surface area contributed by atoms with Crippen molar-refractivity contribution in [3.63, 3.8) is 0 Å². The van der Waals surface area contributed by atoms with Crippen molar-refractivity contribution >= 4 is 23.2 Å². The van der Waals surface area contributed by atoms with Gasteiger partial charge in [0.15, 0.2) is 0 Å². The molecule has 1 amide bonds. The third kappa shape index (κ3) is 3.99. The molecule has 0 fully saturated rings. The summed E-state index contributed by atoms with van der Waals surface area (Å²) in [6.45, 7) is 0. The Morgan fingerprint density at radius 2 is 1.83 bits per heavy atom. The second kappa shape index (κ2) is 7.11. The van der Waals surface area contributed by atoms with E-state index >= 15 is 0 Å². The van der Waals surface area contributed by atoms with Gasteiger partial charge in [0.1, 0.15) is 5.15 Å². The highest BCUT2D eigenvalue weighted by Gasteiger charge is 2.17. The quantitative estimate of drug-likeness (QED) is 0.716. The average molecular weight is 326 g/mol. The van der Waals surface area contributed by atoms with Crippen LogP contribution in [0.1, 0.15) is 18.0 Å². The molecular formula is C18H16ClN3O. The summed E-state index contributed by atoms with van der Waals surface area (Å²) in [5, 5.41) is 3.26. The van der Waals surface area contributed by atoms with Gasteiger partial charge in [-0.1, -0.05) is 41.9 Å². The van der Waals surface area contributed by atoms with Crippen LogP contribution in [0.3, 0.4) is 0 Å². The summed E-state index contributed by atoms with van der Waals surface area (Å²) in [5.74, 6) is -0.0725. The highest BCUT2D eigenvalue weighted by molar-refractivity contribution is 6.29. The summed E-state index contributed by atoms with van der Waals surface area (Å²) >= 11 is 5.75. The maximum Gasteiger partial charge on any atom is 0.226 e. The molecule has 0 bridgehead atoms. The third-order valence-corrected chi connectivity index (χ3v) is 3.79. The molecular weight excluding hydrogens is 310 g/mol. The van der Waals surface area contributed by atoms with Crippen LogP contribution in [-0.2, 0) is 4.79 Å². The van der Waals surface area contributed by atoms with Crippen molar-refractivity contribution in [2.24, 2.45) is 0 Å². The molecule has 2 aromatic heterocycles. The molecule has 2 heterocycles. The maximum absolute atomic E-state index is 12.4. The van der Waals surface area contributed by atoms with E-state index in [1.165, 1.54) is 0 Å². The van der Waals surface area contributed by atoms with Gasteiger partial charge in [0.05, 0.1) is 24.3 Å². The summed E-state index contributed by atoms with van der Waals surface area (Å²) in [4.78, 5) is 16.4. The number of hydrogen-bond donors (Lipinski definition) is 1. The van der Waals surface area contributed by atoms with E-state index in [2.05, 4.69) is 10.3 Å². The first-order valence-electron chi connectivity index (χ1n) is 7.31. The number of anilines is 1. The minimum Gasteiger partial charge on any atom is -0.346 e. The van der Waals surface area contributed by atoms with Gasteiger partial charge >= 0.3 is 0 Å². The van der Waals surface area contributed by atoms with Gasteiger partial charge in [0, 0.05) is 12.4 Å². The topological polar surface area (TPSA) is 46.9 Å². The second-order valence-corrected chi connectivity index (χ2v) is 5.57. The lowest BCUT2D eigenvalue weighted by Gasteiger charge is -2.19. The fraction of sp³-hybridized carbons (Fsp3) is 0.111. The molecule has 0 spiro atoms. The first-order valence-corrected chi connectivity index (χ1v) is 7.69. The van der Waals surface area contributed by atoms with Crippen molar-refractivity contribution in [3.8, 4) is 0 Å². The SMILES string of the molecule is O=C(CC(c1ccccc1)n1cccc1)Nc1ccc(Cl)nc1. The number of amides is 1. The van der Waals surface area contributed by atoms with Crippen LogP contribution in [0.25, 0.3) is 0 Å². The van der Waals surface area contributed by atoms with Gasteiger partial charge in [-0.15, -0.1) is 0 Å². The van der Waals surface area contributed by atoms with Gasteiger partial charge in [0.25, 0.3) is 0 Å². The number of hydrogen-bond acceptors (Lipinski definition) is 2. The number of aromatic nitrogens is 2. The fourth-order valence-corrected chi connectivity index (χ4v) is 2.58. The lowest BCUT2D eigenvalue weighted by Crippen LogP contribution is -2.19. The van der Waals surface area contributed by atoms with Crippen LogP contribution in [0.5, 0.6) is 0 Å². The van der Waals surface area contributed by atoms with Crippen LogP contribution in [0.2, 0.25) is 5.15 Å². The van der Waals surface area contributed by atoms with E-state index in [9.17, 15) is 4.79 Å². The number of halogens is 1. The van der Waals surface area contributed by atoms with Crippen molar-refractivity contribution in [2.45, 2.75) is 12.5 Å². The molecule has 0 radical (unpaired) electrons. The molecule has 3 rings (SSSR count). The lowest BCUT2D eigenvalue weighted by molar-refractivity contribution is -0.116. The number of nitrogens with zero attached hydrogens (tertiary/aromatic N) is 2. The number of nitrogens with one attached hydrogen (secondary N) is 1. The number of pyridine rings is 1. The number of carbonyl (C=O) groups is 1. The molecule has 0 aliphatic heterocycles. The minimum absolute atomic E-state index is 0.0496. The van der Waals surface area contributed by atoms with Crippen LogP contribution in [0, 0.1) is 0 Å². The van der Waals surface area contributed by atoms with Crippen molar-refractivity contribution in [2.75, 3.05) is 5.32 Å². The Balaban J connectivity index is 1.76. The van der Waals surface area contributed by atoms with Crippen molar-refractivity contribution in [1.29, 1.82) is 0 Å². The van der Waals surface area contributed by atoms with E-state index in [-0.39, 0.29) is 11.9 Å². The highest BCUT2D eigenvalue weighted by Crippen LogP contribution is 2.23. The first kappa shape index (κ1) is 15.3. The summed E-state index contributed by atoms with van der Waals surface area (Å²) in [7, 11) is 0. The molecule has 116 valence electrons. The second-order valence-electron chi connectivity index (χ2n) is 5.18. The molecule has 23 heavy (non-hydrogen) atoms. The van der Waals surface area contributed by atoms with Crippen LogP contribution in [0.15, 0.2) is 73.2 Å². The number of carbonyl (C=O) groups excluding carboxylic acids is 1. The fourth-order valence-electron chi connectivity index (χ4n) is 2.46. The van der Waals surface area contributed by atoms with Gasteiger partial charge in [-0.05, 0) is 29.8 Å². The van der Waals surface area contributed by atoms with E-state index in [0.29, 0.717) is 17.3 Å². The predicted octanol–water partition coefficient (Wildman–Crippen LogP) is 4.15. The Bertz CT molecular complexity index is 755. The Hall–Kier alpha value is -2.59. The van der Waals surface area contributed by atoms with Crippen molar-refractivity contribution < 1.29 is 4.79 Å². The van der Waals surface area contributed by atoms with Crippen LogP contribution in [0.4, 0.5) is 5.69 Å². The van der Waals surface area contributed by atoms with Gasteiger partial charge in [-0.25, -0.2) is 4.98 Å². The maximum atomic E-state index is 12.4. The monoisotopic (exact) mass is 325 g/mol. The molecule has 1 atom stereocenters. The summed E-state index contributed by atoms with van der Waals surface area (Å²) in [6.07, 6.45) is 5.82. The Labute approximate surface area is 139 Å². The smallest absolute Gasteiger partial charge is 0.226 e. The third-order valence-electron chi connectivity index (χ3n) is 3.56. The largest absolute Gasteiger partial charge is 0.346 e. The van der Waals surface area contributed by atoms with Crippen LogP contribution in [-0.4, -0.2) is 15.5 Å². The summed E-state index contributed by atoms with van der Waals surface area (Å²) in [6, 6.07) is 17.2. The molecule has 0 saturated heterocycles. The van der Waals surface area contributed by atoms with Crippen LogP contribution < -0.4 is 5.32 Å². The van der Waals surface area contributed by atoms with Crippen LogP contribution >= 0.6 is 11.6 Å². The predicted molar refractivity (Wildman–Crippen MR) is 91.5 cm³/mol. The van der Waals surface area contributed by atoms with E-state index < -0.39 is 0 Å². The molecule has 1 unspecified atom stereocenters. The van der Waals surface area contributed by atoms with E-state index in [1.54, 1.807) is 18.3 Å². The summed E-state index contributed by atoms with van der Waals surface area (Å²) < 4.78 is 2.04. The average Bonchev–Trinajstić information content (AvgIpc) is 3.10. The Kier molecular flexibility index (Phi) is 4.74. The lowest BCUT2D eigenvalue weighted by atomic mass is 10.0. The zero-order valence-electron chi connectivity index (χ0n) is 12.4. The minimum atomic E-state index is -0.0725. The zero-order valence-corrected chi connectivity index (χ0v) is 13.1. The molecule has 0 aliphatic rings. The molecule has 5 heteroatoms. The first-order chi connectivity index (χ1) is 11.2. The van der Waals surface area contributed by atoms with E-state index in [4.69, 9.17) is 11.6 Å². The summed E-state index contributed by atoms with van der Waals surface area (Å²) in [5.41, 5.74) is 1.73. The number of benzene rings is 1. The van der Waals surface area contributed by atoms with E-state index in [1.807, 2.05) is 59.4 Å². The molecule has 1 N–H and O–H groups in total. The highest BCUT2D eigenvalue weighted by atomic mass is 35.5. The zero-order chi connectivity index (χ0) is 16.1. The van der Waals surface area contributed by atoms with Crippen molar-refractivity contribution in [1.82, 2.24) is 9.55 Å². The van der Waals surface area contributed by atoms with Crippen molar-refractivity contribution in [3.05, 3.63) is 83.9 Å². The molecule has 4 nitrogen and oxygen atoms in total.